The first-order valence-electron chi connectivity index (χ1n) is 8.31. The third kappa shape index (κ3) is 2.93. The van der Waals surface area contributed by atoms with Crippen molar-refractivity contribution in [3.8, 4) is 5.75 Å². The lowest BCUT2D eigenvalue weighted by molar-refractivity contribution is -0.140. The van der Waals surface area contributed by atoms with Crippen molar-refractivity contribution in [3.05, 3.63) is 29.6 Å². The minimum Gasteiger partial charge on any atom is -0.494 e. The van der Waals surface area contributed by atoms with Crippen LogP contribution in [0.25, 0.3) is 0 Å². The minimum absolute atomic E-state index is 0.0351. The average Bonchev–Trinajstić information content (AvgIpc) is 2.86. The van der Waals surface area contributed by atoms with Crippen molar-refractivity contribution in [1.29, 1.82) is 0 Å². The van der Waals surface area contributed by atoms with Gasteiger partial charge in [-0.1, -0.05) is 12.5 Å². The number of halogens is 2. The van der Waals surface area contributed by atoms with Crippen LogP contribution in [0.4, 0.5) is 8.78 Å². The summed E-state index contributed by atoms with van der Waals surface area (Å²) in [5.74, 6) is -0.653. The second-order valence-corrected chi connectivity index (χ2v) is 6.65. The van der Waals surface area contributed by atoms with Gasteiger partial charge in [-0.05, 0) is 49.8 Å². The van der Waals surface area contributed by atoms with Crippen molar-refractivity contribution in [2.45, 2.75) is 50.7 Å². The summed E-state index contributed by atoms with van der Waals surface area (Å²) in [7, 11) is 1.43. The molecule has 1 saturated heterocycles. The first-order valence-corrected chi connectivity index (χ1v) is 8.31. The number of hydrogen-bond donors (Lipinski definition) is 0. The Hall–Kier alpha value is -1.65. The molecule has 0 bridgehead atoms. The van der Waals surface area contributed by atoms with Crippen LogP contribution in [0.3, 0.4) is 0 Å². The van der Waals surface area contributed by atoms with E-state index in [1.165, 1.54) is 13.2 Å². The molecule has 0 N–H and O–H groups in total. The Morgan fingerprint density at radius 2 is 2.09 bits per heavy atom. The van der Waals surface area contributed by atoms with Crippen molar-refractivity contribution in [3.63, 3.8) is 0 Å². The van der Waals surface area contributed by atoms with E-state index in [0.717, 1.165) is 31.2 Å². The van der Waals surface area contributed by atoms with Gasteiger partial charge in [-0.2, -0.15) is 0 Å². The summed E-state index contributed by atoms with van der Waals surface area (Å²) in [5.41, 5.74) is 0.838. The highest BCUT2D eigenvalue weighted by Gasteiger charge is 2.41. The second kappa shape index (κ2) is 6.46. The van der Waals surface area contributed by atoms with Gasteiger partial charge in [0.05, 0.1) is 7.11 Å². The van der Waals surface area contributed by atoms with Crippen molar-refractivity contribution < 1.29 is 18.3 Å². The van der Waals surface area contributed by atoms with Crippen molar-refractivity contribution >= 4 is 5.91 Å². The maximum Gasteiger partial charge on any atom is 0.257 e. The summed E-state index contributed by atoms with van der Waals surface area (Å²) in [4.78, 5) is 14.0. The van der Waals surface area contributed by atoms with Crippen LogP contribution >= 0.6 is 0 Å². The number of rotatable bonds is 4. The minimum atomic E-state index is -1.38. The quantitative estimate of drug-likeness (QED) is 0.846. The van der Waals surface area contributed by atoms with Gasteiger partial charge >= 0.3 is 0 Å². The maximum atomic E-state index is 14.3. The van der Waals surface area contributed by atoms with E-state index >= 15 is 0 Å². The fourth-order valence-electron chi connectivity index (χ4n) is 3.70. The molecule has 5 heteroatoms. The van der Waals surface area contributed by atoms with E-state index in [1.54, 1.807) is 11.0 Å². The molecule has 0 radical (unpaired) electrons. The summed E-state index contributed by atoms with van der Waals surface area (Å²) in [6, 6.07) is 4.78. The lowest BCUT2D eigenvalue weighted by Crippen LogP contribution is -2.44. The summed E-state index contributed by atoms with van der Waals surface area (Å²) >= 11 is 0. The molecular weight excluding hydrogens is 300 g/mol. The Labute approximate surface area is 135 Å². The summed E-state index contributed by atoms with van der Waals surface area (Å²) in [5, 5.41) is 0. The third-order valence-electron chi connectivity index (χ3n) is 5.44. The number of amides is 1. The van der Waals surface area contributed by atoms with Crippen LogP contribution in [0.5, 0.6) is 5.75 Å². The van der Waals surface area contributed by atoms with Gasteiger partial charge in [0.1, 0.15) is 0 Å². The van der Waals surface area contributed by atoms with Gasteiger partial charge in [-0.25, -0.2) is 8.78 Å². The Kier molecular flexibility index (Phi) is 4.55. The zero-order valence-corrected chi connectivity index (χ0v) is 13.6. The average molecular weight is 323 g/mol. The largest absolute Gasteiger partial charge is 0.494 e. The van der Waals surface area contributed by atoms with E-state index in [-0.39, 0.29) is 23.6 Å². The molecule has 1 aromatic rings. The molecule has 1 heterocycles. The SMILES string of the molecule is COc1ccc(C2CCN(C(=O)C(F)C3CCC3)C2C)cc1F. The molecule has 2 fully saturated rings. The zero-order chi connectivity index (χ0) is 16.6. The van der Waals surface area contributed by atoms with E-state index in [1.807, 2.05) is 13.0 Å². The number of hydrogen-bond acceptors (Lipinski definition) is 2. The fourth-order valence-corrected chi connectivity index (χ4v) is 3.70. The first-order chi connectivity index (χ1) is 11.0. The Bertz CT molecular complexity index is 588. The van der Waals surface area contributed by atoms with Crippen LogP contribution in [0.15, 0.2) is 18.2 Å². The highest BCUT2D eigenvalue weighted by Crippen LogP contribution is 2.38. The lowest BCUT2D eigenvalue weighted by atomic mass is 9.81. The van der Waals surface area contributed by atoms with Gasteiger partial charge in [0.2, 0.25) is 0 Å². The van der Waals surface area contributed by atoms with Crippen LogP contribution < -0.4 is 4.74 Å². The number of methoxy groups -OCH3 is 1. The highest BCUT2D eigenvalue weighted by atomic mass is 19.1. The molecule has 3 unspecified atom stereocenters. The molecule has 2 aliphatic rings. The first kappa shape index (κ1) is 16.2. The van der Waals surface area contributed by atoms with Crippen molar-refractivity contribution in [2.75, 3.05) is 13.7 Å². The van der Waals surface area contributed by atoms with Gasteiger partial charge in [0, 0.05) is 18.5 Å². The van der Waals surface area contributed by atoms with Crippen molar-refractivity contribution in [2.24, 2.45) is 5.92 Å². The number of ether oxygens (including phenoxy) is 1. The standard InChI is InChI=1S/C18H23F2NO2/c1-11-14(13-6-7-16(23-2)15(19)10-13)8-9-21(11)18(22)17(20)12-4-3-5-12/h6-7,10-12,14,17H,3-5,8-9H2,1-2H3. The molecule has 1 amide bonds. The lowest BCUT2D eigenvalue weighted by Gasteiger charge is -2.32. The molecule has 1 saturated carbocycles. The maximum absolute atomic E-state index is 14.3. The molecule has 3 nitrogen and oxygen atoms in total. The van der Waals surface area contributed by atoms with E-state index in [0.29, 0.717) is 6.54 Å². The Morgan fingerprint density at radius 1 is 1.35 bits per heavy atom. The topological polar surface area (TPSA) is 29.5 Å². The molecule has 0 aromatic heterocycles. The number of benzene rings is 1. The van der Waals surface area contributed by atoms with Crippen molar-refractivity contribution in [1.82, 2.24) is 4.90 Å². The monoisotopic (exact) mass is 323 g/mol. The second-order valence-electron chi connectivity index (χ2n) is 6.65. The third-order valence-corrected chi connectivity index (χ3v) is 5.44. The molecule has 3 rings (SSSR count). The Balaban J connectivity index is 1.72. The van der Waals surface area contributed by atoms with E-state index < -0.39 is 17.9 Å². The summed E-state index contributed by atoms with van der Waals surface area (Å²) < 4.78 is 33.1. The molecule has 1 aliphatic heterocycles. The van der Waals surface area contributed by atoms with E-state index in [9.17, 15) is 13.6 Å². The predicted octanol–water partition coefficient (Wildman–Crippen LogP) is 3.68. The van der Waals surface area contributed by atoms with E-state index in [4.69, 9.17) is 4.74 Å². The van der Waals surface area contributed by atoms with Gasteiger partial charge in [0.25, 0.3) is 5.91 Å². The van der Waals surface area contributed by atoms with Crippen LogP contribution in [0, 0.1) is 11.7 Å². The Morgan fingerprint density at radius 3 is 2.65 bits per heavy atom. The zero-order valence-electron chi connectivity index (χ0n) is 13.6. The fraction of sp³-hybridized carbons (Fsp3) is 0.611. The number of likely N-dealkylation sites (tertiary alicyclic amines) is 1. The molecule has 3 atom stereocenters. The smallest absolute Gasteiger partial charge is 0.257 e. The molecule has 1 aliphatic carbocycles. The number of carbonyl (C=O) groups is 1. The van der Waals surface area contributed by atoms with Gasteiger partial charge < -0.3 is 9.64 Å². The number of nitrogens with zero attached hydrogens (tertiary/aromatic N) is 1. The normalized spacial score (nSPS) is 26.0. The molecule has 126 valence electrons. The molecule has 0 spiro atoms. The van der Waals surface area contributed by atoms with Crippen LogP contribution in [-0.4, -0.2) is 36.7 Å². The van der Waals surface area contributed by atoms with Crippen LogP contribution in [0.1, 0.15) is 44.1 Å². The molecular formula is C18H23F2NO2. The van der Waals surface area contributed by atoms with Gasteiger partial charge in [0.15, 0.2) is 17.7 Å². The predicted molar refractivity (Wildman–Crippen MR) is 83.7 cm³/mol. The number of carbonyl (C=O) groups excluding carboxylic acids is 1. The van der Waals surface area contributed by atoms with Crippen LogP contribution in [0.2, 0.25) is 0 Å². The van der Waals surface area contributed by atoms with Gasteiger partial charge in [-0.3, -0.25) is 4.79 Å². The summed E-state index contributed by atoms with van der Waals surface area (Å²) in [6.45, 7) is 2.46. The molecule has 23 heavy (non-hydrogen) atoms. The van der Waals surface area contributed by atoms with E-state index in [2.05, 4.69) is 0 Å². The molecule has 1 aromatic carbocycles. The highest BCUT2D eigenvalue weighted by molar-refractivity contribution is 5.82. The van der Waals surface area contributed by atoms with Crippen LogP contribution in [-0.2, 0) is 4.79 Å². The number of alkyl halides is 1. The summed E-state index contributed by atoms with van der Waals surface area (Å²) in [6.07, 6.45) is 1.99. The van der Waals surface area contributed by atoms with Gasteiger partial charge in [-0.15, -0.1) is 0 Å².